The van der Waals surface area contributed by atoms with Crippen molar-refractivity contribution >= 4 is 11.6 Å². The topological polar surface area (TPSA) is 63.7 Å². The number of nitriles is 1. The Bertz CT molecular complexity index is 970. The Labute approximate surface area is 147 Å². The van der Waals surface area contributed by atoms with Crippen molar-refractivity contribution in [3.05, 3.63) is 58.8 Å². The maximum Gasteiger partial charge on any atom is 0.208 e. The standard InChI is InChI=1S/C17H11ClF2N4O/c1-9-16(15-13(19)5-12(25-2)6-14(15)20)24(17(18)23-9)11-4-3-10(7-21)22-8-11/h3-6,8H,1-2H3. The first-order chi connectivity index (χ1) is 12.0. The van der Waals surface area contributed by atoms with E-state index in [9.17, 15) is 8.78 Å². The van der Waals surface area contributed by atoms with Crippen molar-refractivity contribution < 1.29 is 13.5 Å². The molecule has 0 spiro atoms. The van der Waals surface area contributed by atoms with Crippen LogP contribution < -0.4 is 4.74 Å². The minimum absolute atomic E-state index is 0.0219. The van der Waals surface area contributed by atoms with E-state index in [1.165, 1.54) is 23.9 Å². The van der Waals surface area contributed by atoms with Gasteiger partial charge in [-0.3, -0.25) is 4.57 Å². The molecule has 0 bridgehead atoms. The molecule has 0 saturated heterocycles. The van der Waals surface area contributed by atoms with Crippen LogP contribution in [0.2, 0.25) is 5.28 Å². The van der Waals surface area contributed by atoms with E-state index in [1.807, 2.05) is 6.07 Å². The quantitative estimate of drug-likeness (QED) is 0.706. The predicted molar refractivity (Wildman–Crippen MR) is 87.7 cm³/mol. The Morgan fingerprint density at radius 3 is 2.44 bits per heavy atom. The fourth-order valence-electron chi connectivity index (χ4n) is 2.50. The van der Waals surface area contributed by atoms with Crippen LogP contribution in [0, 0.1) is 29.9 Å². The van der Waals surface area contributed by atoms with Crippen molar-refractivity contribution in [1.82, 2.24) is 14.5 Å². The lowest BCUT2D eigenvalue weighted by molar-refractivity contribution is 0.407. The molecule has 0 radical (unpaired) electrons. The van der Waals surface area contributed by atoms with E-state index in [0.29, 0.717) is 11.4 Å². The summed E-state index contributed by atoms with van der Waals surface area (Å²) in [5.41, 5.74) is 0.864. The Kier molecular flexibility index (Phi) is 4.38. The molecule has 1 aromatic carbocycles. The highest BCUT2D eigenvalue weighted by Gasteiger charge is 2.23. The van der Waals surface area contributed by atoms with Crippen LogP contribution in [-0.2, 0) is 0 Å². The fourth-order valence-corrected chi connectivity index (χ4v) is 2.81. The second kappa shape index (κ2) is 6.49. The van der Waals surface area contributed by atoms with Gasteiger partial charge in [-0.25, -0.2) is 18.7 Å². The Hall–Kier alpha value is -2.98. The zero-order valence-electron chi connectivity index (χ0n) is 13.2. The van der Waals surface area contributed by atoms with Gasteiger partial charge in [0.1, 0.15) is 29.1 Å². The van der Waals surface area contributed by atoms with E-state index in [-0.39, 0.29) is 28.0 Å². The number of imidazole rings is 1. The number of hydrogen-bond acceptors (Lipinski definition) is 4. The molecule has 0 aliphatic rings. The van der Waals surface area contributed by atoms with E-state index in [1.54, 1.807) is 13.0 Å². The molecule has 3 rings (SSSR count). The van der Waals surface area contributed by atoms with Crippen LogP contribution in [0.15, 0.2) is 30.5 Å². The van der Waals surface area contributed by atoms with Gasteiger partial charge in [-0.15, -0.1) is 0 Å². The normalized spacial score (nSPS) is 10.6. The number of ether oxygens (including phenoxy) is 1. The molecule has 0 saturated carbocycles. The SMILES string of the molecule is COc1cc(F)c(-c2c(C)nc(Cl)n2-c2ccc(C#N)nc2)c(F)c1. The van der Waals surface area contributed by atoms with E-state index in [2.05, 4.69) is 9.97 Å². The van der Waals surface area contributed by atoms with Crippen LogP contribution in [0.3, 0.4) is 0 Å². The van der Waals surface area contributed by atoms with Crippen molar-refractivity contribution in [3.63, 3.8) is 0 Å². The molecule has 0 atom stereocenters. The molecular weight excluding hydrogens is 350 g/mol. The molecule has 0 aliphatic heterocycles. The lowest BCUT2D eigenvalue weighted by Crippen LogP contribution is -2.03. The van der Waals surface area contributed by atoms with Crippen LogP contribution in [0.4, 0.5) is 8.78 Å². The smallest absolute Gasteiger partial charge is 0.208 e. The zero-order chi connectivity index (χ0) is 18.1. The van der Waals surface area contributed by atoms with Crippen molar-refractivity contribution in [1.29, 1.82) is 5.26 Å². The lowest BCUT2D eigenvalue weighted by atomic mass is 10.1. The van der Waals surface area contributed by atoms with Gasteiger partial charge in [0.15, 0.2) is 0 Å². The monoisotopic (exact) mass is 360 g/mol. The summed E-state index contributed by atoms with van der Waals surface area (Å²) in [4.78, 5) is 8.06. The molecule has 3 aromatic rings. The second-order valence-electron chi connectivity index (χ2n) is 5.13. The van der Waals surface area contributed by atoms with Crippen molar-refractivity contribution in [2.45, 2.75) is 6.92 Å². The lowest BCUT2D eigenvalue weighted by Gasteiger charge is -2.12. The molecule has 25 heavy (non-hydrogen) atoms. The van der Waals surface area contributed by atoms with Gasteiger partial charge >= 0.3 is 0 Å². The maximum absolute atomic E-state index is 14.5. The summed E-state index contributed by atoms with van der Waals surface area (Å²) < 4.78 is 35.3. The summed E-state index contributed by atoms with van der Waals surface area (Å²) in [7, 11) is 1.32. The van der Waals surface area contributed by atoms with Crippen LogP contribution in [0.5, 0.6) is 5.75 Å². The first-order valence-electron chi connectivity index (χ1n) is 7.11. The zero-order valence-corrected chi connectivity index (χ0v) is 14.0. The van der Waals surface area contributed by atoms with E-state index in [0.717, 1.165) is 12.1 Å². The van der Waals surface area contributed by atoms with E-state index < -0.39 is 11.6 Å². The predicted octanol–water partition coefficient (Wildman–Crippen LogP) is 4.05. The molecule has 0 fully saturated rings. The second-order valence-corrected chi connectivity index (χ2v) is 5.47. The largest absolute Gasteiger partial charge is 0.497 e. The molecule has 0 aliphatic carbocycles. The summed E-state index contributed by atoms with van der Waals surface area (Å²) in [6.07, 6.45) is 1.38. The molecule has 8 heteroatoms. The van der Waals surface area contributed by atoms with Crippen molar-refractivity contribution in [3.8, 4) is 28.8 Å². The van der Waals surface area contributed by atoms with Crippen molar-refractivity contribution in [2.24, 2.45) is 0 Å². The molecular formula is C17H11ClF2N4O. The number of aryl methyl sites for hydroxylation is 1. The van der Waals surface area contributed by atoms with Gasteiger partial charge in [-0.1, -0.05) is 0 Å². The number of aromatic nitrogens is 3. The summed E-state index contributed by atoms with van der Waals surface area (Å²) >= 11 is 6.16. The Morgan fingerprint density at radius 1 is 1.24 bits per heavy atom. The molecule has 0 N–H and O–H groups in total. The minimum Gasteiger partial charge on any atom is -0.497 e. The number of halogens is 3. The number of rotatable bonds is 3. The summed E-state index contributed by atoms with van der Waals surface area (Å²) in [5.74, 6) is -1.55. The highest BCUT2D eigenvalue weighted by molar-refractivity contribution is 6.29. The van der Waals surface area contributed by atoms with Gasteiger partial charge in [-0.05, 0) is 30.7 Å². The number of nitrogens with zero attached hydrogens (tertiary/aromatic N) is 4. The molecule has 2 aromatic heterocycles. The third-order valence-corrected chi connectivity index (χ3v) is 3.87. The minimum atomic E-state index is -0.806. The summed E-state index contributed by atoms with van der Waals surface area (Å²) in [6, 6.07) is 7.12. The molecule has 0 unspecified atom stereocenters. The Morgan fingerprint density at radius 2 is 1.92 bits per heavy atom. The molecule has 5 nitrogen and oxygen atoms in total. The highest BCUT2D eigenvalue weighted by Crippen LogP contribution is 2.35. The van der Waals surface area contributed by atoms with E-state index >= 15 is 0 Å². The van der Waals surface area contributed by atoms with Gasteiger partial charge in [0.25, 0.3) is 0 Å². The highest BCUT2D eigenvalue weighted by atomic mass is 35.5. The molecule has 126 valence electrons. The Balaban J connectivity index is 2.27. The average molecular weight is 361 g/mol. The summed E-state index contributed by atoms with van der Waals surface area (Å²) in [5, 5.41) is 8.87. The third kappa shape index (κ3) is 2.92. The summed E-state index contributed by atoms with van der Waals surface area (Å²) in [6.45, 7) is 1.60. The van der Waals surface area contributed by atoms with E-state index in [4.69, 9.17) is 21.6 Å². The number of benzene rings is 1. The van der Waals surface area contributed by atoms with Crippen LogP contribution >= 0.6 is 11.6 Å². The average Bonchev–Trinajstić information content (AvgIpc) is 2.88. The molecule has 2 heterocycles. The van der Waals surface area contributed by atoms with Gasteiger partial charge < -0.3 is 4.74 Å². The number of pyridine rings is 1. The molecule has 0 amide bonds. The van der Waals surface area contributed by atoms with Gasteiger partial charge in [0, 0.05) is 12.1 Å². The van der Waals surface area contributed by atoms with Gasteiger partial charge in [0.2, 0.25) is 5.28 Å². The first kappa shape index (κ1) is 16.9. The van der Waals surface area contributed by atoms with Crippen LogP contribution in [0.25, 0.3) is 16.9 Å². The maximum atomic E-state index is 14.5. The van der Waals surface area contributed by atoms with Crippen molar-refractivity contribution in [2.75, 3.05) is 7.11 Å². The number of methoxy groups -OCH3 is 1. The first-order valence-corrected chi connectivity index (χ1v) is 7.48. The fraction of sp³-hybridized carbons (Fsp3) is 0.118. The van der Waals surface area contributed by atoms with Crippen LogP contribution in [0.1, 0.15) is 11.4 Å². The van der Waals surface area contributed by atoms with Crippen LogP contribution in [-0.4, -0.2) is 21.6 Å². The van der Waals surface area contributed by atoms with Gasteiger partial charge in [-0.2, -0.15) is 5.26 Å². The van der Waals surface area contributed by atoms with Gasteiger partial charge in [0.05, 0.1) is 35.9 Å². The third-order valence-electron chi connectivity index (χ3n) is 3.62. The number of hydrogen-bond donors (Lipinski definition) is 0.